The molecule has 4 nitrogen and oxygen atoms in total. The fourth-order valence-electron chi connectivity index (χ4n) is 1.96. The number of nitrogens with one attached hydrogen (secondary N) is 2. The van der Waals surface area contributed by atoms with Crippen molar-refractivity contribution in [3.05, 3.63) is 32.4 Å². The standard InChI is InChI=1S/C12H14ClIN2O2/c1-18-11-6-15-5-10(11)16-12(17)8-4-7(13)2-3-9(8)14/h2-4,10-11,15H,5-6H2,1H3,(H,16,17)/t10?,11-/m0/s1. The number of amides is 1. The molecule has 18 heavy (non-hydrogen) atoms. The molecule has 0 saturated carbocycles. The Morgan fingerprint density at radius 2 is 2.33 bits per heavy atom. The van der Waals surface area contributed by atoms with Crippen LogP contribution in [0.5, 0.6) is 0 Å². The summed E-state index contributed by atoms with van der Waals surface area (Å²) in [5.41, 5.74) is 0.602. The molecule has 2 N–H and O–H groups in total. The summed E-state index contributed by atoms with van der Waals surface area (Å²) in [6, 6.07) is 5.29. The van der Waals surface area contributed by atoms with Crippen LogP contribution in [0.15, 0.2) is 18.2 Å². The summed E-state index contributed by atoms with van der Waals surface area (Å²) in [4.78, 5) is 12.2. The van der Waals surface area contributed by atoms with Crippen molar-refractivity contribution in [2.45, 2.75) is 12.1 Å². The number of ether oxygens (including phenoxy) is 1. The van der Waals surface area contributed by atoms with Crippen LogP contribution in [0, 0.1) is 3.57 Å². The molecular formula is C12H14ClIN2O2. The molecule has 0 radical (unpaired) electrons. The van der Waals surface area contributed by atoms with E-state index < -0.39 is 0 Å². The lowest BCUT2D eigenvalue weighted by atomic mass is 10.1. The molecule has 6 heteroatoms. The van der Waals surface area contributed by atoms with Crippen LogP contribution in [0.4, 0.5) is 0 Å². The van der Waals surface area contributed by atoms with Gasteiger partial charge < -0.3 is 15.4 Å². The first-order valence-electron chi connectivity index (χ1n) is 5.61. The van der Waals surface area contributed by atoms with Crippen molar-refractivity contribution < 1.29 is 9.53 Å². The SMILES string of the molecule is CO[C@H]1CNCC1NC(=O)c1cc(Cl)ccc1I. The van der Waals surface area contributed by atoms with Crippen molar-refractivity contribution in [2.24, 2.45) is 0 Å². The molecule has 1 aromatic rings. The molecule has 2 rings (SSSR count). The molecule has 1 unspecified atom stereocenters. The van der Waals surface area contributed by atoms with Crippen LogP contribution in [-0.4, -0.2) is 38.3 Å². The molecule has 1 amide bonds. The molecule has 1 aliphatic heterocycles. The zero-order chi connectivity index (χ0) is 13.1. The molecule has 1 heterocycles. The monoisotopic (exact) mass is 380 g/mol. The van der Waals surface area contributed by atoms with Crippen LogP contribution in [0.1, 0.15) is 10.4 Å². The number of carbonyl (C=O) groups excluding carboxylic acids is 1. The molecule has 0 spiro atoms. The van der Waals surface area contributed by atoms with Crippen LogP contribution in [0.3, 0.4) is 0 Å². The molecular weight excluding hydrogens is 367 g/mol. The zero-order valence-corrected chi connectivity index (χ0v) is 12.8. The van der Waals surface area contributed by atoms with Crippen molar-refractivity contribution in [1.82, 2.24) is 10.6 Å². The van der Waals surface area contributed by atoms with Gasteiger partial charge in [0.2, 0.25) is 0 Å². The molecule has 0 aliphatic carbocycles. The highest BCUT2D eigenvalue weighted by Gasteiger charge is 2.28. The predicted octanol–water partition coefficient (Wildman–Crippen LogP) is 1.66. The number of hydrogen-bond acceptors (Lipinski definition) is 3. The highest BCUT2D eigenvalue weighted by Crippen LogP contribution is 2.18. The van der Waals surface area contributed by atoms with E-state index in [4.69, 9.17) is 16.3 Å². The second-order valence-electron chi connectivity index (χ2n) is 4.14. The van der Waals surface area contributed by atoms with Gasteiger partial charge in [0.25, 0.3) is 5.91 Å². The van der Waals surface area contributed by atoms with E-state index >= 15 is 0 Å². The minimum atomic E-state index is -0.113. The number of rotatable bonds is 3. The first-order chi connectivity index (χ1) is 8.61. The van der Waals surface area contributed by atoms with E-state index in [0.717, 1.165) is 16.7 Å². The summed E-state index contributed by atoms with van der Waals surface area (Å²) in [5, 5.41) is 6.73. The summed E-state index contributed by atoms with van der Waals surface area (Å²) >= 11 is 8.04. The number of hydrogen-bond donors (Lipinski definition) is 2. The fourth-order valence-corrected chi connectivity index (χ4v) is 2.72. The Balaban J connectivity index is 2.09. The lowest BCUT2D eigenvalue weighted by Crippen LogP contribution is -2.43. The topological polar surface area (TPSA) is 50.4 Å². The van der Waals surface area contributed by atoms with E-state index in [1.807, 2.05) is 6.07 Å². The predicted molar refractivity (Wildman–Crippen MR) is 79.1 cm³/mol. The van der Waals surface area contributed by atoms with Gasteiger partial charge in [-0.25, -0.2) is 0 Å². The first-order valence-corrected chi connectivity index (χ1v) is 7.07. The lowest BCUT2D eigenvalue weighted by Gasteiger charge is -2.19. The highest BCUT2D eigenvalue weighted by molar-refractivity contribution is 14.1. The third-order valence-corrected chi connectivity index (χ3v) is 4.13. The Morgan fingerprint density at radius 1 is 1.56 bits per heavy atom. The Morgan fingerprint density at radius 3 is 3.06 bits per heavy atom. The van der Waals surface area contributed by atoms with Crippen molar-refractivity contribution in [2.75, 3.05) is 20.2 Å². The maximum absolute atomic E-state index is 12.2. The van der Waals surface area contributed by atoms with Gasteiger partial charge in [-0.3, -0.25) is 4.79 Å². The molecule has 98 valence electrons. The zero-order valence-electron chi connectivity index (χ0n) is 9.87. The van der Waals surface area contributed by atoms with Gasteiger partial charge in [-0.2, -0.15) is 0 Å². The van der Waals surface area contributed by atoms with Gasteiger partial charge in [0.15, 0.2) is 0 Å². The summed E-state index contributed by atoms with van der Waals surface area (Å²) in [5.74, 6) is -0.113. The normalized spacial score (nSPS) is 23.1. The largest absolute Gasteiger partial charge is 0.378 e. The number of benzene rings is 1. The summed E-state index contributed by atoms with van der Waals surface area (Å²) in [7, 11) is 1.65. The molecule has 0 aromatic heterocycles. The minimum Gasteiger partial charge on any atom is -0.378 e. The van der Waals surface area contributed by atoms with Gasteiger partial charge in [0.05, 0.1) is 17.7 Å². The second kappa shape index (κ2) is 6.18. The van der Waals surface area contributed by atoms with Gasteiger partial charge in [-0.1, -0.05) is 11.6 Å². The maximum atomic E-state index is 12.2. The van der Waals surface area contributed by atoms with Crippen LogP contribution >= 0.6 is 34.2 Å². The first kappa shape index (κ1) is 14.0. The Bertz CT molecular complexity index is 456. The molecule has 1 aromatic carbocycles. The van der Waals surface area contributed by atoms with Gasteiger partial charge in [0, 0.05) is 28.8 Å². The number of halogens is 2. The third-order valence-electron chi connectivity index (χ3n) is 2.95. The molecule has 2 atom stereocenters. The van der Waals surface area contributed by atoms with E-state index in [9.17, 15) is 4.79 Å². The Kier molecular flexibility index (Phi) is 4.83. The van der Waals surface area contributed by atoms with E-state index in [0.29, 0.717) is 10.6 Å². The van der Waals surface area contributed by atoms with Crippen molar-refractivity contribution in [3.8, 4) is 0 Å². The van der Waals surface area contributed by atoms with Crippen LogP contribution in [0.25, 0.3) is 0 Å². The van der Waals surface area contributed by atoms with Crippen LogP contribution in [0.2, 0.25) is 5.02 Å². The fraction of sp³-hybridized carbons (Fsp3) is 0.417. The van der Waals surface area contributed by atoms with Crippen molar-refractivity contribution in [3.63, 3.8) is 0 Å². The minimum absolute atomic E-state index is 0.00252. The van der Waals surface area contributed by atoms with Crippen molar-refractivity contribution >= 4 is 40.1 Å². The van der Waals surface area contributed by atoms with Gasteiger partial charge in [-0.15, -0.1) is 0 Å². The molecule has 0 bridgehead atoms. The summed E-state index contributed by atoms with van der Waals surface area (Å²) in [6.45, 7) is 1.48. The van der Waals surface area contributed by atoms with E-state index in [-0.39, 0.29) is 18.1 Å². The molecule has 1 saturated heterocycles. The molecule has 1 fully saturated rings. The molecule has 1 aliphatic rings. The third kappa shape index (κ3) is 3.14. The smallest absolute Gasteiger partial charge is 0.252 e. The van der Waals surface area contributed by atoms with E-state index in [1.165, 1.54) is 0 Å². The van der Waals surface area contributed by atoms with Gasteiger partial charge >= 0.3 is 0 Å². The average Bonchev–Trinajstić information content (AvgIpc) is 2.79. The van der Waals surface area contributed by atoms with E-state index in [1.54, 1.807) is 19.2 Å². The maximum Gasteiger partial charge on any atom is 0.252 e. The Hall–Kier alpha value is -0.370. The van der Waals surface area contributed by atoms with Crippen LogP contribution < -0.4 is 10.6 Å². The number of carbonyl (C=O) groups is 1. The quantitative estimate of drug-likeness (QED) is 0.784. The summed E-state index contributed by atoms with van der Waals surface area (Å²) in [6.07, 6.45) is 0.0193. The summed E-state index contributed by atoms with van der Waals surface area (Å²) < 4.78 is 6.19. The number of methoxy groups -OCH3 is 1. The average molecular weight is 381 g/mol. The highest BCUT2D eigenvalue weighted by atomic mass is 127. The lowest BCUT2D eigenvalue weighted by molar-refractivity contribution is 0.0779. The van der Waals surface area contributed by atoms with Crippen molar-refractivity contribution in [1.29, 1.82) is 0 Å². The Labute approximate surface area is 125 Å². The second-order valence-corrected chi connectivity index (χ2v) is 5.74. The van der Waals surface area contributed by atoms with Gasteiger partial charge in [-0.05, 0) is 40.8 Å². The van der Waals surface area contributed by atoms with E-state index in [2.05, 4.69) is 33.2 Å². The van der Waals surface area contributed by atoms with Gasteiger partial charge in [0.1, 0.15) is 0 Å². The van der Waals surface area contributed by atoms with Crippen LogP contribution in [-0.2, 0) is 4.74 Å².